The molecule has 0 aromatic rings. The predicted molar refractivity (Wildman–Crippen MR) is 74.5 cm³/mol. The molecule has 0 aromatic carbocycles. The van der Waals surface area contributed by atoms with Gasteiger partial charge in [-0.3, -0.25) is 0 Å². The van der Waals surface area contributed by atoms with Crippen molar-refractivity contribution in [3.63, 3.8) is 0 Å². The Bertz CT molecular complexity index is 251. The summed E-state index contributed by atoms with van der Waals surface area (Å²) in [6.45, 7) is 4.00. The molecule has 1 aliphatic heterocycles. The summed E-state index contributed by atoms with van der Waals surface area (Å²) in [6.07, 6.45) is 9.46. The highest BCUT2D eigenvalue weighted by Crippen LogP contribution is 2.34. The number of hydrogen-bond acceptors (Lipinski definition) is 2. The lowest BCUT2D eigenvalue weighted by molar-refractivity contribution is -0.229. The van der Waals surface area contributed by atoms with Crippen LogP contribution < -0.4 is 0 Å². The molecule has 2 nitrogen and oxygen atoms in total. The molecule has 0 atom stereocenters. The molecule has 0 unspecified atom stereocenters. The van der Waals surface area contributed by atoms with E-state index in [1.54, 1.807) is 5.54 Å². The fourth-order valence-corrected chi connectivity index (χ4v) is 3.32. The van der Waals surface area contributed by atoms with Crippen LogP contribution in [0.2, 0.25) is 0 Å². The van der Waals surface area contributed by atoms with Gasteiger partial charge < -0.3 is 9.47 Å². The third-order valence-corrected chi connectivity index (χ3v) is 4.38. The van der Waals surface area contributed by atoms with Crippen molar-refractivity contribution in [1.82, 2.24) is 0 Å². The maximum absolute atomic E-state index is 5.91. The monoisotopic (exact) mass is 272 g/mol. The molecule has 2 rings (SSSR count). The highest BCUT2D eigenvalue weighted by atomic mass is 35.5. The van der Waals surface area contributed by atoms with E-state index in [2.05, 4.69) is 13.0 Å². The van der Waals surface area contributed by atoms with Gasteiger partial charge in [-0.15, -0.1) is 0 Å². The van der Waals surface area contributed by atoms with E-state index in [0.29, 0.717) is 17.8 Å². The van der Waals surface area contributed by atoms with Crippen molar-refractivity contribution in [2.24, 2.45) is 17.8 Å². The fraction of sp³-hybridized carbons (Fsp3) is 0.867. The van der Waals surface area contributed by atoms with Crippen molar-refractivity contribution in [2.45, 2.75) is 51.7 Å². The van der Waals surface area contributed by atoms with Gasteiger partial charge in [0.05, 0.1) is 13.2 Å². The minimum Gasteiger partial charge on any atom is -0.352 e. The Hall–Kier alpha value is -0.0500. The van der Waals surface area contributed by atoms with Crippen LogP contribution in [-0.4, -0.2) is 19.5 Å². The van der Waals surface area contributed by atoms with Gasteiger partial charge in [0.15, 0.2) is 6.29 Å². The predicted octanol–water partition coefficient (Wildman–Crippen LogP) is 4.33. The number of hydrogen-bond donors (Lipinski definition) is 0. The first-order chi connectivity index (χ1) is 8.83. The third-order valence-electron chi connectivity index (χ3n) is 4.24. The second kappa shape index (κ2) is 7.52. The van der Waals surface area contributed by atoms with Crippen LogP contribution in [-0.2, 0) is 9.47 Å². The fourth-order valence-electron chi connectivity index (χ4n) is 3.12. The van der Waals surface area contributed by atoms with Crippen LogP contribution in [0.25, 0.3) is 0 Å². The summed E-state index contributed by atoms with van der Waals surface area (Å²) in [6, 6.07) is 0. The standard InChI is InChI=1S/C15H25ClO2/c1-2-3-13-10-17-15(18-11-13)14-6-4-12(5-7-14)8-9-16/h8-9,12-15H,2-7,10-11H2,1H3/b9-8+/t12-,13-,14-,15-. The summed E-state index contributed by atoms with van der Waals surface area (Å²) in [7, 11) is 0. The topological polar surface area (TPSA) is 18.5 Å². The van der Waals surface area contributed by atoms with E-state index in [-0.39, 0.29) is 6.29 Å². The van der Waals surface area contributed by atoms with E-state index in [1.807, 2.05) is 0 Å². The van der Waals surface area contributed by atoms with Gasteiger partial charge in [0.2, 0.25) is 0 Å². The van der Waals surface area contributed by atoms with E-state index >= 15 is 0 Å². The van der Waals surface area contributed by atoms with Crippen LogP contribution >= 0.6 is 11.6 Å². The van der Waals surface area contributed by atoms with Crippen LogP contribution in [0.15, 0.2) is 11.6 Å². The van der Waals surface area contributed by atoms with Crippen molar-refractivity contribution < 1.29 is 9.47 Å². The first kappa shape index (κ1) is 14.4. The second-order valence-corrected chi connectivity index (χ2v) is 5.94. The molecule has 1 aliphatic carbocycles. The summed E-state index contributed by atoms with van der Waals surface area (Å²) >= 11 is 5.64. The molecule has 1 saturated carbocycles. The normalized spacial score (nSPS) is 38.1. The molecule has 0 N–H and O–H groups in total. The summed E-state index contributed by atoms with van der Waals surface area (Å²) < 4.78 is 11.8. The molecule has 0 bridgehead atoms. The number of allylic oxidation sites excluding steroid dienone is 1. The zero-order valence-electron chi connectivity index (χ0n) is 11.3. The van der Waals surface area contributed by atoms with E-state index < -0.39 is 0 Å². The Morgan fingerprint density at radius 2 is 1.78 bits per heavy atom. The van der Waals surface area contributed by atoms with E-state index in [9.17, 15) is 0 Å². The smallest absolute Gasteiger partial charge is 0.160 e. The molecule has 104 valence electrons. The van der Waals surface area contributed by atoms with Crippen LogP contribution in [0.5, 0.6) is 0 Å². The maximum atomic E-state index is 5.91. The number of ether oxygens (including phenoxy) is 2. The van der Waals surface area contributed by atoms with E-state index in [1.165, 1.54) is 38.5 Å². The number of halogens is 1. The second-order valence-electron chi connectivity index (χ2n) is 5.68. The molecule has 1 saturated heterocycles. The summed E-state index contributed by atoms with van der Waals surface area (Å²) in [5.74, 6) is 1.87. The highest BCUT2D eigenvalue weighted by Gasteiger charge is 2.31. The molecule has 0 amide bonds. The van der Waals surface area contributed by atoms with Gasteiger partial charge in [-0.1, -0.05) is 31.0 Å². The molecule has 0 spiro atoms. The first-order valence-corrected chi connectivity index (χ1v) is 7.77. The van der Waals surface area contributed by atoms with Crippen LogP contribution in [0.4, 0.5) is 0 Å². The zero-order chi connectivity index (χ0) is 12.8. The minimum atomic E-state index is 0.0547. The van der Waals surface area contributed by atoms with Gasteiger partial charge in [0.1, 0.15) is 0 Å². The van der Waals surface area contributed by atoms with Gasteiger partial charge >= 0.3 is 0 Å². The van der Waals surface area contributed by atoms with E-state index in [0.717, 1.165) is 13.2 Å². The largest absolute Gasteiger partial charge is 0.352 e. The molecule has 0 aromatic heterocycles. The lowest BCUT2D eigenvalue weighted by Gasteiger charge is -2.37. The van der Waals surface area contributed by atoms with Crippen molar-refractivity contribution in [3.05, 3.63) is 11.6 Å². The van der Waals surface area contributed by atoms with E-state index in [4.69, 9.17) is 21.1 Å². The first-order valence-electron chi connectivity index (χ1n) is 7.33. The zero-order valence-corrected chi connectivity index (χ0v) is 12.1. The van der Waals surface area contributed by atoms with Gasteiger partial charge in [0, 0.05) is 17.4 Å². The Kier molecular flexibility index (Phi) is 6.00. The SMILES string of the molecule is CCC[C@H]1CO[C@H]([C@H]2CC[C@H](/C=C/Cl)CC2)OC1. The number of rotatable bonds is 4. The van der Waals surface area contributed by atoms with Gasteiger partial charge in [-0.05, 0) is 38.0 Å². The lowest BCUT2D eigenvalue weighted by atomic mass is 9.81. The van der Waals surface area contributed by atoms with Crippen LogP contribution in [0.1, 0.15) is 45.4 Å². The van der Waals surface area contributed by atoms with Gasteiger partial charge in [0.25, 0.3) is 0 Å². The highest BCUT2D eigenvalue weighted by molar-refractivity contribution is 6.25. The lowest BCUT2D eigenvalue weighted by Crippen LogP contribution is -2.38. The summed E-state index contributed by atoms with van der Waals surface area (Å²) in [5.41, 5.74) is 1.66. The van der Waals surface area contributed by atoms with Crippen molar-refractivity contribution >= 4 is 11.6 Å². The van der Waals surface area contributed by atoms with Crippen molar-refractivity contribution in [3.8, 4) is 0 Å². The third kappa shape index (κ3) is 3.97. The summed E-state index contributed by atoms with van der Waals surface area (Å²) in [4.78, 5) is 0. The Morgan fingerprint density at radius 1 is 1.11 bits per heavy atom. The molecule has 2 aliphatic rings. The molecule has 1 heterocycles. The van der Waals surface area contributed by atoms with Crippen molar-refractivity contribution in [2.75, 3.05) is 13.2 Å². The van der Waals surface area contributed by atoms with Crippen LogP contribution in [0.3, 0.4) is 0 Å². The molecule has 0 radical (unpaired) electrons. The molecule has 3 heteroatoms. The molecular weight excluding hydrogens is 248 g/mol. The van der Waals surface area contributed by atoms with Gasteiger partial charge in [-0.25, -0.2) is 0 Å². The molecule has 18 heavy (non-hydrogen) atoms. The minimum absolute atomic E-state index is 0.0547. The Balaban J connectivity index is 1.71. The van der Waals surface area contributed by atoms with Crippen molar-refractivity contribution in [1.29, 1.82) is 0 Å². The average Bonchev–Trinajstić information content (AvgIpc) is 2.41. The Labute approximate surface area is 116 Å². The molecule has 2 fully saturated rings. The van der Waals surface area contributed by atoms with Crippen LogP contribution in [0, 0.1) is 17.8 Å². The maximum Gasteiger partial charge on any atom is 0.160 e. The average molecular weight is 273 g/mol. The quantitative estimate of drug-likeness (QED) is 0.758. The summed E-state index contributed by atoms with van der Waals surface area (Å²) in [5, 5.41) is 0. The molecular formula is C15H25ClO2. The Morgan fingerprint density at radius 3 is 2.33 bits per heavy atom. The van der Waals surface area contributed by atoms with Gasteiger partial charge in [-0.2, -0.15) is 0 Å².